The Hall–Kier alpha value is -1.31. The molecule has 130 valence electrons. The van der Waals surface area contributed by atoms with Crippen LogP contribution in [0, 0.1) is 0 Å². The van der Waals surface area contributed by atoms with E-state index in [1.807, 2.05) is 38.1 Å². The Labute approximate surface area is 156 Å². The summed E-state index contributed by atoms with van der Waals surface area (Å²) in [5.74, 6) is 0.428. The van der Waals surface area contributed by atoms with Gasteiger partial charge in [0.25, 0.3) is 5.91 Å². The summed E-state index contributed by atoms with van der Waals surface area (Å²) < 4.78 is 0. The van der Waals surface area contributed by atoms with E-state index >= 15 is 0 Å². The van der Waals surface area contributed by atoms with Crippen molar-refractivity contribution in [1.29, 1.82) is 0 Å². The summed E-state index contributed by atoms with van der Waals surface area (Å²) in [6.45, 7) is 7.53. The number of nitrogens with zero attached hydrogens (tertiary/aromatic N) is 1. The van der Waals surface area contributed by atoms with Gasteiger partial charge >= 0.3 is 0 Å². The lowest BCUT2D eigenvalue weighted by Gasteiger charge is -2.11. The van der Waals surface area contributed by atoms with Crippen molar-refractivity contribution < 1.29 is 4.79 Å². The molecule has 0 saturated heterocycles. The Morgan fingerprint density at radius 3 is 2.48 bits per heavy atom. The lowest BCUT2D eigenvalue weighted by atomic mass is 10.1. The molecule has 1 unspecified atom stereocenters. The molecule has 23 heavy (non-hydrogen) atoms. The molecule has 4 N–H and O–H groups in total. The van der Waals surface area contributed by atoms with Gasteiger partial charge in [0.15, 0.2) is 5.96 Å². The van der Waals surface area contributed by atoms with Gasteiger partial charge in [-0.3, -0.25) is 4.79 Å². The van der Waals surface area contributed by atoms with Gasteiger partial charge in [-0.1, -0.05) is 32.4 Å². The fourth-order valence-corrected chi connectivity index (χ4v) is 1.80. The van der Waals surface area contributed by atoms with Crippen LogP contribution in [0.3, 0.4) is 0 Å². The van der Waals surface area contributed by atoms with Crippen molar-refractivity contribution in [2.75, 3.05) is 6.54 Å². The number of halogens is 1. The smallest absolute Gasteiger partial charge is 0.251 e. The second-order valence-electron chi connectivity index (χ2n) is 5.46. The minimum atomic E-state index is -0.0369. The van der Waals surface area contributed by atoms with E-state index in [1.54, 1.807) is 0 Å². The fraction of sp³-hybridized carbons (Fsp3) is 0.529. The predicted molar refractivity (Wildman–Crippen MR) is 107 cm³/mol. The Balaban J connectivity index is 0.00000484. The maximum atomic E-state index is 12.0. The lowest BCUT2D eigenvalue weighted by Crippen LogP contribution is -2.32. The molecule has 0 heterocycles. The van der Waals surface area contributed by atoms with Gasteiger partial charge in [-0.25, -0.2) is 4.99 Å². The van der Waals surface area contributed by atoms with Crippen molar-refractivity contribution in [2.45, 2.75) is 52.6 Å². The van der Waals surface area contributed by atoms with Gasteiger partial charge in [0.1, 0.15) is 0 Å². The Morgan fingerprint density at radius 1 is 1.26 bits per heavy atom. The summed E-state index contributed by atoms with van der Waals surface area (Å²) >= 11 is 0. The number of rotatable bonds is 8. The highest BCUT2D eigenvalue weighted by molar-refractivity contribution is 14.0. The van der Waals surface area contributed by atoms with Crippen LogP contribution in [0.1, 0.15) is 56.0 Å². The molecule has 1 amide bonds. The number of nitrogens with one attached hydrogen (secondary N) is 2. The van der Waals surface area contributed by atoms with Crippen LogP contribution < -0.4 is 16.4 Å². The zero-order chi connectivity index (χ0) is 16.4. The first-order valence-electron chi connectivity index (χ1n) is 8.00. The number of carbonyl (C=O) groups excluding carboxylic acids is 1. The van der Waals surface area contributed by atoms with Gasteiger partial charge < -0.3 is 16.4 Å². The van der Waals surface area contributed by atoms with E-state index < -0.39 is 0 Å². The van der Waals surface area contributed by atoms with Crippen molar-refractivity contribution in [2.24, 2.45) is 10.7 Å². The van der Waals surface area contributed by atoms with Crippen LogP contribution in [0.2, 0.25) is 0 Å². The number of guanidine groups is 1. The summed E-state index contributed by atoms with van der Waals surface area (Å²) in [4.78, 5) is 16.3. The molecular formula is C17H29IN4O. The van der Waals surface area contributed by atoms with Crippen molar-refractivity contribution in [3.8, 4) is 0 Å². The average Bonchev–Trinajstić information content (AvgIpc) is 2.53. The summed E-state index contributed by atoms with van der Waals surface area (Å²) in [6.07, 6.45) is 3.12. The van der Waals surface area contributed by atoms with E-state index in [-0.39, 0.29) is 35.9 Å². The van der Waals surface area contributed by atoms with E-state index in [1.165, 1.54) is 0 Å². The first kappa shape index (κ1) is 21.7. The molecule has 5 nitrogen and oxygen atoms in total. The first-order valence-corrected chi connectivity index (χ1v) is 8.00. The molecule has 0 aliphatic heterocycles. The Bertz CT molecular complexity index is 488. The van der Waals surface area contributed by atoms with Crippen LogP contribution in [0.25, 0.3) is 0 Å². The number of hydrogen-bond donors (Lipinski definition) is 3. The summed E-state index contributed by atoms with van der Waals surface area (Å²) in [5, 5.41) is 6.02. The number of benzene rings is 1. The van der Waals surface area contributed by atoms with Crippen LogP contribution in [0.5, 0.6) is 0 Å². The highest BCUT2D eigenvalue weighted by Crippen LogP contribution is 2.06. The molecule has 0 aliphatic rings. The van der Waals surface area contributed by atoms with Crippen molar-refractivity contribution >= 4 is 35.8 Å². The highest BCUT2D eigenvalue weighted by atomic mass is 127. The first-order chi connectivity index (χ1) is 10.6. The second-order valence-corrected chi connectivity index (χ2v) is 5.46. The molecule has 0 fully saturated rings. The average molecular weight is 432 g/mol. The highest BCUT2D eigenvalue weighted by Gasteiger charge is 2.07. The predicted octanol–water partition coefficient (Wildman–Crippen LogP) is 3.04. The van der Waals surface area contributed by atoms with E-state index in [0.717, 1.165) is 31.4 Å². The Morgan fingerprint density at radius 2 is 1.91 bits per heavy atom. The maximum absolute atomic E-state index is 12.0. The third kappa shape index (κ3) is 8.78. The summed E-state index contributed by atoms with van der Waals surface area (Å²) in [6, 6.07) is 7.65. The topological polar surface area (TPSA) is 79.5 Å². The third-order valence-corrected chi connectivity index (χ3v) is 3.47. The van der Waals surface area contributed by atoms with E-state index in [9.17, 15) is 4.79 Å². The molecule has 0 bridgehead atoms. The number of nitrogens with two attached hydrogens (primary N) is 1. The maximum Gasteiger partial charge on any atom is 0.251 e. The molecule has 0 saturated carbocycles. The quantitative estimate of drug-likeness (QED) is 0.256. The Kier molecular flexibility index (Phi) is 11.5. The van der Waals surface area contributed by atoms with Gasteiger partial charge in [-0.2, -0.15) is 0 Å². The minimum absolute atomic E-state index is 0. The normalized spacial score (nSPS) is 12.2. The standard InChI is InChI=1S/C17H28N4O.HI/c1-4-6-11-19-17(18)20-12-14-7-9-15(10-8-14)16(22)21-13(3)5-2;/h7-10,13H,4-6,11-12H2,1-3H3,(H,21,22)(H3,18,19,20);1H. The van der Waals surface area contributed by atoms with E-state index in [0.29, 0.717) is 18.1 Å². The van der Waals surface area contributed by atoms with Gasteiger partial charge in [0.2, 0.25) is 0 Å². The molecule has 0 aliphatic carbocycles. The van der Waals surface area contributed by atoms with Gasteiger partial charge in [-0.15, -0.1) is 24.0 Å². The summed E-state index contributed by atoms with van der Waals surface area (Å²) in [7, 11) is 0. The van der Waals surface area contributed by atoms with Gasteiger partial charge in [0.05, 0.1) is 6.54 Å². The van der Waals surface area contributed by atoms with Crippen LogP contribution in [0.15, 0.2) is 29.3 Å². The van der Waals surface area contributed by atoms with Crippen molar-refractivity contribution in [1.82, 2.24) is 10.6 Å². The van der Waals surface area contributed by atoms with Gasteiger partial charge in [0, 0.05) is 18.2 Å². The largest absolute Gasteiger partial charge is 0.370 e. The van der Waals surface area contributed by atoms with Gasteiger partial charge in [-0.05, 0) is 37.5 Å². The molecule has 1 rings (SSSR count). The zero-order valence-electron chi connectivity index (χ0n) is 14.3. The van der Waals surface area contributed by atoms with Crippen LogP contribution in [-0.2, 0) is 6.54 Å². The fourth-order valence-electron chi connectivity index (χ4n) is 1.80. The number of carbonyl (C=O) groups is 1. The minimum Gasteiger partial charge on any atom is -0.370 e. The monoisotopic (exact) mass is 432 g/mol. The molecular weight excluding hydrogens is 403 g/mol. The molecule has 0 spiro atoms. The van der Waals surface area contributed by atoms with E-state index in [2.05, 4.69) is 22.5 Å². The third-order valence-electron chi connectivity index (χ3n) is 3.47. The van der Waals surface area contributed by atoms with Crippen LogP contribution >= 0.6 is 24.0 Å². The second kappa shape index (κ2) is 12.2. The molecule has 0 radical (unpaired) electrons. The zero-order valence-corrected chi connectivity index (χ0v) is 16.6. The molecule has 6 heteroatoms. The number of unbranched alkanes of at least 4 members (excludes halogenated alkanes) is 1. The molecule has 0 aromatic heterocycles. The molecule has 1 atom stereocenters. The molecule has 1 aromatic carbocycles. The van der Waals surface area contributed by atoms with Crippen molar-refractivity contribution in [3.05, 3.63) is 35.4 Å². The SMILES string of the molecule is CCCCNC(N)=NCc1ccc(C(=O)NC(C)CC)cc1.I. The number of hydrogen-bond acceptors (Lipinski definition) is 2. The van der Waals surface area contributed by atoms with E-state index in [4.69, 9.17) is 5.73 Å². The lowest BCUT2D eigenvalue weighted by molar-refractivity contribution is 0.0939. The molecule has 1 aromatic rings. The van der Waals surface area contributed by atoms with Crippen LogP contribution in [-0.4, -0.2) is 24.5 Å². The number of amides is 1. The number of aliphatic imine (C=N–C) groups is 1. The van der Waals surface area contributed by atoms with Crippen LogP contribution in [0.4, 0.5) is 0 Å². The summed E-state index contributed by atoms with van der Waals surface area (Å²) in [5.41, 5.74) is 7.48. The van der Waals surface area contributed by atoms with Crippen molar-refractivity contribution in [3.63, 3.8) is 0 Å².